The number of oxime groups is 1. The van der Waals surface area contributed by atoms with Crippen molar-refractivity contribution in [3.05, 3.63) is 62.1 Å². The maximum Gasteiger partial charge on any atom is 0.269 e. The summed E-state index contributed by atoms with van der Waals surface area (Å²) >= 11 is 3.45. The lowest BCUT2D eigenvalue weighted by Crippen LogP contribution is -2.00. The molecule has 0 atom stereocenters. The zero-order chi connectivity index (χ0) is 18.9. The molecule has 2 aromatic rings. The van der Waals surface area contributed by atoms with E-state index < -0.39 is 4.92 Å². The maximum atomic E-state index is 10.8. The fraction of sp³-hybridized carbons (Fsp3) is 0.278. The highest BCUT2D eigenvalue weighted by molar-refractivity contribution is 9.10. The number of ether oxygens (including phenoxy) is 2. The summed E-state index contributed by atoms with van der Waals surface area (Å²) in [6.45, 7) is 4.97. The quantitative estimate of drug-likeness (QED) is 0.332. The standard InChI is InChI=1S/C18H19BrN2O5/c1-3-24-17-10-18(25-4-2)16(19)9-14(17)11-20-26-12-13-6-5-7-15(8-13)21(22)23/h5-11H,3-4,12H2,1-2H3/b20-11-. The van der Waals surface area contributed by atoms with Gasteiger partial charge in [0.1, 0.15) is 18.1 Å². The van der Waals surface area contributed by atoms with E-state index in [1.165, 1.54) is 18.3 Å². The van der Waals surface area contributed by atoms with Crippen LogP contribution in [0.25, 0.3) is 0 Å². The molecule has 8 heteroatoms. The normalized spacial score (nSPS) is 10.7. The van der Waals surface area contributed by atoms with Gasteiger partial charge in [0.15, 0.2) is 0 Å². The molecule has 2 rings (SSSR count). The number of halogens is 1. The van der Waals surface area contributed by atoms with Crippen LogP contribution in [0.4, 0.5) is 5.69 Å². The Morgan fingerprint density at radius 3 is 2.58 bits per heavy atom. The van der Waals surface area contributed by atoms with E-state index in [1.54, 1.807) is 18.2 Å². The molecule has 0 N–H and O–H groups in total. The van der Waals surface area contributed by atoms with E-state index in [2.05, 4.69) is 21.1 Å². The molecule has 2 aromatic carbocycles. The molecule has 0 spiro atoms. The van der Waals surface area contributed by atoms with Crippen molar-refractivity contribution in [2.45, 2.75) is 20.5 Å². The summed E-state index contributed by atoms with van der Waals surface area (Å²) in [6, 6.07) is 9.85. The van der Waals surface area contributed by atoms with Gasteiger partial charge in [-0.15, -0.1) is 0 Å². The van der Waals surface area contributed by atoms with Gasteiger partial charge in [0.2, 0.25) is 0 Å². The Hall–Kier alpha value is -2.61. The van der Waals surface area contributed by atoms with Crippen LogP contribution >= 0.6 is 15.9 Å². The molecular formula is C18H19BrN2O5. The number of benzene rings is 2. The van der Waals surface area contributed by atoms with Gasteiger partial charge in [-0.05, 0) is 41.4 Å². The summed E-state index contributed by atoms with van der Waals surface area (Å²) in [7, 11) is 0. The van der Waals surface area contributed by atoms with Gasteiger partial charge < -0.3 is 14.3 Å². The Bertz CT molecular complexity index is 795. The largest absolute Gasteiger partial charge is 0.493 e. The molecule has 0 aliphatic carbocycles. The van der Waals surface area contributed by atoms with Crippen molar-refractivity contribution in [3.8, 4) is 11.5 Å². The minimum absolute atomic E-state index is 0.0177. The number of nitrogens with zero attached hydrogens (tertiary/aromatic N) is 2. The van der Waals surface area contributed by atoms with Gasteiger partial charge in [-0.1, -0.05) is 17.3 Å². The molecule has 0 aliphatic rings. The van der Waals surface area contributed by atoms with E-state index >= 15 is 0 Å². The number of hydrogen-bond acceptors (Lipinski definition) is 6. The van der Waals surface area contributed by atoms with Crippen LogP contribution in [0.5, 0.6) is 11.5 Å². The van der Waals surface area contributed by atoms with E-state index in [4.69, 9.17) is 14.3 Å². The Morgan fingerprint density at radius 1 is 1.15 bits per heavy atom. The van der Waals surface area contributed by atoms with Crippen molar-refractivity contribution in [3.63, 3.8) is 0 Å². The highest BCUT2D eigenvalue weighted by Crippen LogP contribution is 2.32. The Morgan fingerprint density at radius 2 is 1.88 bits per heavy atom. The Balaban J connectivity index is 2.08. The zero-order valence-corrected chi connectivity index (χ0v) is 16.1. The summed E-state index contributed by atoms with van der Waals surface area (Å²) in [6.07, 6.45) is 1.53. The molecule has 0 fully saturated rings. The molecule has 0 bridgehead atoms. The van der Waals surface area contributed by atoms with Crippen molar-refractivity contribution in [2.75, 3.05) is 13.2 Å². The van der Waals surface area contributed by atoms with E-state index in [9.17, 15) is 10.1 Å². The Labute approximate surface area is 159 Å². The number of non-ortho nitro benzene ring substituents is 1. The van der Waals surface area contributed by atoms with Gasteiger partial charge in [0.25, 0.3) is 5.69 Å². The second kappa shape index (κ2) is 9.76. The first-order valence-electron chi connectivity index (χ1n) is 8.03. The van der Waals surface area contributed by atoms with Crippen molar-refractivity contribution in [2.24, 2.45) is 5.16 Å². The van der Waals surface area contributed by atoms with Crippen LogP contribution in [0.3, 0.4) is 0 Å². The second-order valence-electron chi connectivity index (χ2n) is 5.12. The maximum absolute atomic E-state index is 10.8. The van der Waals surface area contributed by atoms with Gasteiger partial charge in [0.05, 0.1) is 28.8 Å². The first kappa shape index (κ1) is 19.7. The van der Waals surface area contributed by atoms with Crippen LogP contribution in [0.2, 0.25) is 0 Å². The lowest BCUT2D eigenvalue weighted by Gasteiger charge is -2.12. The third-order valence-corrected chi connectivity index (χ3v) is 3.90. The van der Waals surface area contributed by atoms with Gasteiger partial charge >= 0.3 is 0 Å². The average Bonchev–Trinajstić information content (AvgIpc) is 2.62. The predicted octanol–water partition coefficient (Wildman–Crippen LogP) is 4.71. The molecule has 0 unspecified atom stereocenters. The van der Waals surface area contributed by atoms with Gasteiger partial charge in [-0.25, -0.2) is 0 Å². The summed E-state index contributed by atoms with van der Waals surface area (Å²) in [5.74, 6) is 1.31. The number of rotatable bonds is 9. The molecule has 0 amide bonds. The fourth-order valence-corrected chi connectivity index (χ4v) is 2.64. The SMILES string of the molecule is CCOc1cc(OCC)c(/C=N\OCc2cccc([N+](=O)[O-])c2)cc1Br. The number of nitro benzene ring substituents is 1. The molecule has 0 aliphatic heterocycles. The first-order chi connectivity index (χ1) is 12.5. The van der Waals surface area contributed by atoms with Crippen molar-refractivity contribution >= 4 is 27.8 Å². The van der Waals surface area contributed by atoms with Crippen LogP contribution in [-0.2, 0) is 11.4 Å². The molecule has 0 saturated carbocycles. The summed E-state index contributed by atoms with van der Waals surface area (Å²) < 4.78 is 11.9. The Kier molecular flexibility index (Phi) is 7.40. The molecule has 26 heavy (non-hydrogen) atoms. The van der Waals surface area contributed by atoms with E-state index in [-0.39, 0.29) is 12.3 Å². The number of nitro groups is 1. The van der Waals surface area contributed by atoms with Crippen LogP contribution in [-0.4, -0.2) is 24.4 Å². The molecule has 0 radical (unpaired) electrons. The van der Waals surface area contributed by atoms with E-state index in [0.717, 1.165) is 10.0 Å². The topological polar surface area (TPSA) is 83.2 Å². The highest BCUT2D eigenvalue weighted by Gasteiger charge is 2.10. The minimum Gasteiger partial charge on any atom is -0.493 e. The molecule has 138 valence electrons. The van der Waals surface area contributed by atoms with Crippen molar-refractivity contribution in [1.82, 2.24) is 0 Å². The van der Waals surface area contributed by atoms with Gasteiger partial charge in [-0.3, -0.25) is 10.1 Å². The highest BCUT2D eigenvalue weighted by atomic mass is 79.9. The summed E-state index contributed by atoms with van der Waals surface area (Å²) in [5.41, 5.74) is 1.40. The first-order valence-corrected chi connectivity index (χ1v) is 8.82. The van der Waals surface area contributed by atoms with Crippen LogP contribution in [0.1, 0.15) is 25.0 Å². The van der Waals surface area contributed by atoms with Gasteiger partial charge in [0, 0.05) is 23.8 Å². The van der Waals surface area contributed by atoms with E-state index in [0.29, 0.717) is 30.3 Å². The zero-order valence-electron chi connectivity index (χ0n) is 14.5. The predicted molar refractivity (Wildman–Crippen MR) is 102 cm³/mol. The summed E-state index contributed by atoms with van der Waals surface area (Å²) in [5, 5.41) is 14.7. The minimum atomic E-state index is -0.446. The molecule has 0 heterocycles. The molecule has 7 nitrogen and oxygen atoms in total. The molecule has 0 saturated heterocycles. The average molecular weight is 423 g/mol. The lowest BCUT2D eigenvalue weighted by atomic mass is 10.2. The van der Waals surface area contributed by atoms with Crippen LogP contribution in [0.15, 0.2) is 46.0 Å². The molecule has 0 aromatic heterocycles. The molecular weight excluding hydrogens is 404 g/mol. The van der Waals surface area contributed by atoms with Crippen LogP contribution < -0.4 is 9.47 Å². The van der Waals surface area contributed by atoms with E-state index in [1.807, 2.05) is 19.9 Å². The lowest BCUT2D eigenvalue weighted by molar-refractivity contribution is -0.384. The summed E-state index contributed by atoms with van der Waals surface area (Å²) in [4.78, 5) is 15.6. The van der Waals surface area contributed by atoms with Crippen LogP contribution in [0, 0.1) is 10.1 Å². The van der Waals surface area contributed by atoms with Crippen molar-refractivity contribution < 1.29 is 19.2 Å². The fourth-order valence-electron chi connectivity index (χ4n) is 2.16. The smallest absolute Gasteiger partial charge is 0.269 e. The number of hydrogen-bond donors (Lipinski definition) is 0. The second-order valence-corrected chi connectivity index (χ2v) is 5.98. The monoisotopic (exact) mass is 422 g/mol. The third kappa shape index (κ3) is 5.45. The third-order valence-electron chi connectivity index (χ3n) is 3.28. The van der Waals surface area contributed by atoms with Crippen molar-refractivity contribution in [1.29, 1.82) is 0 Å². The van der Waals surface area contributed by atoms with Gasteiger partial charge in [-0.2, -0.15) is 0 Å².